The van der Waals surface area contributed by atoms with E-state index in [2.05, 4.69) is 17.1 Å². The van der Waals surface area contributed by atoms with Crippen LogP contribution in [0.15, 0.2) is 23.2 Å². The number of rotatable bonds is 5. The van der Waals surface area contributed by atoms with Crippen LogP contribution in [-0.4, -0.2) is 16.1 Å². The maximum Gasteiger partial charge on any atom is 0.335 e. The number of thioether (sulfide) groups is 1. The van der Waals surface area contributed by atoms with Gasteiger partial charge in [-0.2, -0.15) is 10.5 Å². The number of nitriles is 2. The van der Waals surface area contributed by atoms with E-state index in [0.29, 0.717) is 27.5 Å². The van der Waals surface area contributed by atoms with E-state index in [-0.39, 0.29) is 17.3 Å². The van der Waals surface area contributed by atoms with Gasteiger partial charge in [-0.3, -0.25) is 0 Å². The Bertz CT molecular complexity index is 1030. The number of nitrogen functional groups attached to an aromatic ring is 1. The fraction of sp³-hybridized carbons (Fsp3) is 0.364. The number of carboxylic acids is 1. The van der Waals surface area contributed by atoms with E-state index in [1.165, 1.54) is 18.2 Å². The molecule has 1 fully saturated rings. The molecule has 148 valence electrons. The van der Waals surface area contributed by atoms with Gasteiger partial charge in [-0.05, 0) is 48.4 Å². The Morgan fingerprint density at radius 3 is 2.55 bits per heavy atom. The maximum absolute atomic E-state index is 11.4. The van der Waals surface area contributed by atoms with E-state index < -0.39 is 5.97 Å². The van der Waals surface area contributed by atoms with Crippen LogP contribution in [0.4, 0.5) is 5.82 Å². The van der Waals surface area contributed by atoms with Gasteiger partial charge in [0.2, 0.25) is 0 Å². The van der Waals surface area contributed by atoms with Crippen LogP contribution in [-0.2, 0) is 5.75 Å². The summed E-state index contributed by atoms with van der Waals surface area (Å²) in [5.41, 5.74) is 9.40. The number of anilines is 1. The Labute approximate surface area is 174 Å². The average Bonchev–Trinajstić information content (AvgIpc) is 2.72. The van der Waals surface area contributed by atoms with Crippen LogP contribution in [0, 0.1) is 29.6 Å². The van der Waals surface area contributed by atoms with Crippen LogP contribution in [0.3, 0.4) is 0 Å². The number of pyridine rings is 1. The highest BCUT2D eigenvalue weighted by molar-refractivity contribution is 7.98. The summed E-state index contributed by atoms with van der Waals surface area (Å²) in [5.74, 6) is -0.197. The maximum atomic E-state index is 11.4. The van der Waals surface area contributed by atoms with Crippen LogP contribution < -0.4 is 5.73 Å². The van der Waals surface area contributed by atoms with Crippen molar-refractivity contribution in [3.8, 4) is 12.1 Å². The molecule has 3 rings (SSSR count). The van der Waals surface area contributed by atoms with Crippen molar-refractivity contribution in [2.75, 3.05) is 5.73 Å². The summed E-state index contributed by atoms with van der Waals surface area (Å²) in [5, 5.41) is 29.3. The molecule has 1 aliphatic carbocycles. The molecule has 0 unspecified atom stereocenters. The molecule has 3 N–H and O–H groups in total. The fourth-order valence-corrected chi connectivity index (χ4v) is 5.01. The molecule has 1 saturated carbocycles. The minimum absolute atomic E-state index is 0.148. The predicted molar refractivity (Wildman–Crippen MR) is 112 cm³/mol. The largest absolute Gasteiger partial charge is 0.478 e. The molecule has 7 heteroatoms. The minimum Gasteiger partial charge on any atom is -0.478 e. The lowest BCUT2D eigenvalue weighted by Gasteiger charge is -2.25. The fourth-order valence-electron chi connectivity index (χ4n) is 3.95. The van der Waals surface area contributed by atoms with Gasteiger partial charge in [0.25, 0.3) is 0 Å². The van der Waals surface area contributed by atoms with Crippen molar-refractivity contribution in [1.29, 1.82) is 10.5 Å². The van der Waals surface area contributed by atoms with Crippen LogP contribution >= 0.6 is 11.8 Å². The second-order valence-electron chi connectivity index (χ2n) is 7.21. The number of nitrogens with zero attached hydrogens (tertiary/aromatic N) is 3. The Balaban J connectivity index is 1.99. The van der Waals surface area contributed by atoms with E-state index in [1.807, 2.05) is 6.07 Å². The zero-order valence-electron chi connectivity index (χ0n) is 16.2. The van der Waals surface area contributed by atoms with Gasteiger partial charge in [-0.15, -0.1) is 11.8 Å². The van der Waals surface area contributed by atoms with Crippen LogP contribution in [0.25, 0.3) is 0 Å². The molecule has 1 aromatic heterocycles. The zero-order valence-corrected chi connectivity index (χ0v) is 17.1. The molecule has 0 spiro atoms. The van der Waals surface area contributed by atoms with Crippen LogP contribution in [0.1, 0.15) is 76.2 Å². The lowest BCUT2D eigenvalue weighted by atomic mass is 9.80. The molecule has 0 saturated heterocycles. The van der Waals surface area contributed by atoms with Crippen LogP contribution in [0.2, 0.25) is 0 Å². The number of hydrogen-bond acceptors (Lipinski definition) is 6. The first-order valence-corrected chi connectivity index (χ1v) is 10.5. The van der Waals surface area contributed by atoms with Gasteiger partial charge in [-0.1, -0.05) is 31.4 Å². The molecule has 0 aliphatic heterocycles. The van der Waals surface area contributed by atoms with Crippen LogP contribution in [0.5, 0.6) is 0 Å². The second-order valence-corrected chi connectivity index (χ2v) is 8.17. The minimum atomic E-state index is -0.965. The molecule has 1 aliphatic rings. The third kappa shape index (κ3) is 4.21. The van der Waals surface area contributed by atoms with Gasteiger partial charge >= 0.3 is 5.97 Å². The Morgan fingerprint density at radius 1 is 1.24 bits per heavy atom. The standard InChI is InChI=1S/C22H22N4O2S/c1-13-15(8-5-9-16(13)22(27)28)12-29-21-18(11-24)19(14-6-3-2-4-7-14)17(10-23)20(25)26-21/h5,8-9,14H,2-4,6-7,12H2,1H3,(H2,25,26)(H,27,28). The third-order valence-electron chi connectivity index (χ3n) is 5.51. The second kappa shape index (κ2) is 8.98. The van der Waals surface area contributed by atoms with E-state index >= 15 is 0 Å². The van der Waals surface area contributed by atoms with E-state index in [1.54, 1.807) is 19.1 Å². The number of aromatic carboxylic acids is 1. The van der Waals surface area contributed by atoms with E-state index in [0.717, 1.165) is 36.8 Å². The summed E-state index contributed by atoms with van der Waals surface area (Å²) >= 11 is 1.35. The summed E-state index contributed by atoms with van der Waals surface area (Å²) in [6.45, 7) is 1.78. The summed E-state index contributed by atoms with van der Waals surface area (Å²) in [7, 11) is 0. The number of carboxylic acid groups (broad SMARTS) is 1. The molecule has 0 bridgehead atoms. The first kappa shape index (κ1) is 20.7. The lowest BCUT2D eigenvalue weighted by molar-refractivity contribution is 0.0696. The number of aromatic nitrogens is 1. The highest BCUT2D eigenvalue weighted by Crippen LogP contribution is 2.40. The molecular weight excluding hydrogens is 384 g/mol. The normalized spacial score (nSPS) is 14.2. The smallest absolute Gasteiger partial charge is 0.335 e. The molecule has 0 radical (unpaired) electrons. The molecule has 29 heavy (non-hydrogen) atoms. The van der Waals surface area contributed by atoms with Crippen molar-refractivity contribution in [3.63, 3.8) is 0 Å². The molecule has 1 heterocycles. The lowest BCUT2D eigenvalue weighted by Crippen LogP contribution is -2.13. The Kier molecular flexibility index (Phi) is 6.41. The molecule has 0 amide bonds. The molecule has 1 aromatic carbocycles. The van der Waals surface area contributed by atoms with Gasteiger partial charge in [0.15, 0.2) is 0 Å². The highest BCUT2D eigenvalue weighted by atomic mass is 32.2. The number of nitrogens with two attached hydrogens (primary N) is 1. The molecular formula is C22H22N4O2S. The van der Waals surface area contributed by atoms with Crippen molar-refractivity contribution >= 4 is 23.5 Å². The first-order valence-electron chi connectivity index (χ1n) is 9.56. The monoisotopic (exact) mass is 406 g/mol. The molecule has 6 nitrogen and oxygen atoms in total. The van der Waals surface area contributed by atoms with Crippen molar-refractivity contribution in [2.24, 2.45) is 0 Å². The van der Waals surface area contributed by atoms with Gasteiger partial charge < -0.3 is 10.8 Å². The number of benzene rings is 1. The predicted octanol–water partition coefficient (Wildman–Crippen LogP) is 4.75. The van der Waals surface area contributed by atoms with Gasteiger partial charge in [0, 0.05) is 5.75 Å². The zero-order chi connectivity index (χ0) is 21.0. The van der Waals surface area contributed by atoms with Gasteiger partial charge in [-0.25, -0.2) is 9.78 Å². The topological polar surface area (TPSA) is 124 Å². The number of hydrogen-bond donors (Lipinski definition) is 2. The SMILES string of the molecule is Cc1c(CSc2nc(N)c(C#N)c(C3CCCCC3)c2C#N)cccc1C(=O)O. The Morgan fingerprint density at radius 2 is 1.93 bits per heavy atom. The van der Waals surface area contributed by atoms with Crippen molar-refractivity contribution in [2.45, 2.75) is 55.7 Å². The first-order chi connectivity index (χ1) is 14.0. The molecule has 2 aromatic rings. The Hall–Kier alpha value is -3.03. The highest BCUT2D eigenvalue weighted by Gasteiger charge is 2.27. The van der Waals surface area contributed by atoms with Crippen molar-refractivity contribution in [3.05, 3.63) is 51.6 Å². The quantitative estimate of drug-likeness (QED) is 0.686. The summed E-state index contributed by atoms with van der Waals surface area (Å²) in [6.07, 6.45) is 5.20. The molecule has 0 atom stereocenters. The number of carbonyl (C=O) groups is 1. The van der Waals surface area contributed by atoms with Crippen molar-refractivity contribution < 1.29 is 9.90 Å². The third-order valence-corrected chi connectivity index (χ3v) is 6.53. The summed E-state index contributed by atoms with van der Waals surface area (Å²) in [6, 6.07) is 9.57. The average molecular weight is 407 g/mol. The van der Waals surface area contributed by atoms with Gasteiger partial charge in [0.1, 0.15) is 23.0 Å². The van der Waals surface area contributed by atoms with E-state index in [4.69, 9.17) is 5.73 Å². The summed E-state index contributed by atoms with van der Waals surface area (Å²) in [4.78, 5) is 15.7. The van der Waals surface area contributed by atoms with Crippen molar-refractivity contribution in [1.82, 2.24) is 4.98 Å². The van der Waals surface area contributed by atoms with E-state index in [9.17, 15) is 20.4 Å². The summed E-state index contributed by atoms with van der Waals surface area (Å²) < 4.78 is 0. The van der Waals surface area contributed by atoms with Gasteiger partial charge in [0.05, 0.1) is 16.7 Å².